The molecule has 78 valence electrons. The third-order valence-corrected chi connectivity index (χ3v) is 3.90. The Kier molecular flexibility index (Phi) is 2.49. The Labute approximate surface area is 91.3 Å². The van der Waals surface area contributed by atoms with Crippen molar-refractivity contribution in [3.63, 3.8) is 0 Å². The molecule has 1 aromatic rings. The van der Waals surface area contributed by atoms with Gasteiger partial charge < -0.3 is 4.57 Å². The molecular weight excluding hydrogens is 247 g/mol. The number of imidazole rings is 1. The predicted molar refractivity (Wildman–Crippen MR) is 53.2 cm³/mol. The van der Waals surface area contributed by atoms with Crippen LogP contribution in [0.25, 0.3) is 0 Å². The molecule has 7 heteroatoms. The number of aryl methyl sites for hydroxylation is 1. The van der Waals surface area contributed by atoms with E-state index in [1.807, 2.05) is 0 Å². The highest BCUT2D eigenvalue weighted by molar-refractivity contribution is 8.13. The van der Waals surface area contributed by atoms with Crippen molar-refractivity contribution in [2.75, 3.05) is 0 Å². The van der Waals surface area contributed by atoms with Crippen LogP contribution < -0.4 is 0 Å². The number of halogens is 2. The highest BCUT2D eigenvalue weighted by Crippen LogP contribution is 2.28. The minimum atomic E-state index is -3.82. The second kappa shape index (κ2) is 3.40. The summed E-state index contributed by atoms with van der Waals surface area (Å²) in [6.45, 7) is 0.716. The summed E-state index contributed by atoms with van der Waals surface area (Å²) >= 11 is 5.86. The summed E-state index contributed by atoms with van der Waals surface area (Å²) in [6.07, 6.45) is 2.76. The van der Waals surface area contributed by atoms with Crippen LogP contribution in [0.15, 0.2) is 5.03 Å². The van der Waals surface area contributed by atoms with Gasteiger partial charge in [-0.25, -0.2) is 13.4 Å². The number of nitrogens with zero attached hydrogens (tertiary/aromatic N) is 2. The van der Waals surface area contributed by atoms with Crippen LogP contribution in [0.4, 0.5) is 0 Å². The summed E-state index contributed by atoms with van der Waals surface area (Å²) in [6, 6.07) is 0. The van der Waals surface area contributed by atoms with Crippen LogP contribution in [0.1, 0.15) is 18.7 Å². The van der Waals surface area contributed by atoms with Gasteiger partial charge in [0.2, 0.25) is 5.03 Å². The van der Waals surface area contributed by atoms with E-state index < -0.39 is 9.05 Å². The number of rotatable bonds is 1. The van der Waals surface area contributed by atoms with Crippen molar-refractivity contribution in [2.24, 2.45) is 0 Å². The van der Waals surface area contributed by atoms with E-state index in [9.17, 15) is 8.42 Å². The van der Waals surface area contributed by atoms with Gasteiger partial charge in [0, 0.05) is 23.6 Å². The molecule has 0 N–H and O–H groups in total. The third-order valence-electron chi connectivity index (χ3n) is 2.22. The highest BCUT2D eigenvalue weighted by Gasteiger charge is 2.25. The van der Waals surface area contributed by atoms with Crippen molar-refractivity contribution in [1.29, 1.82) is 0 Å². The smallest absolute Gasteiger partial charge is 0.281 e. The Morgan fingerprint density at radius 1 is 1.36 bits per heavy atom. The quantitative estimate of drug-likeness (QED) is 0.719. The molecule has 0 aromatic carbocycles. The maximum atomic E-state index is 11.1. The molecule has 0 fully saturated rings. The first-order valence-electron chi connectivity index (χ1n) is 4.19. The molecule has 2 heterocycles. The maximum Gasteiger partial charge on any atom is 0.281 e. The van der Waals surface area contributed by atoms with Crippen molar-refractivity contribution in [2.45, 2.75) is 30.8 Å². The van der Waals surface area contributed by atoms with E-state index in [0.717, 1.165) is 19.3 Å². The Hall–Kier alpha value is -0.260. The molecule has 0 saturated heterocycles. The standard InChI is InChI=1S/C7H8Cl2N2O2S/c8-6-7(14(9,12)13)10-5-3-1-2-4-11(5)6/h1-4H2. The van der Waals surface area contributed by atoms with Crippen LogP contribution >= 0.6 is 22.3 Å². The molecule has 0 saturated carbocycles. The van der Waals surface area contributed by atoms with Crippen LogP contribution in [0.2, 0.25) is 5.15 Å². The highest BCUT2D eigenvalue weighted by atomic mass is 35.7. The summed E-state index contributed by atoms with van der Waals surface area (Å²) in [5.74, 6) is 0.709. The van der Waals surface area contributed by atoms with Crippen molar-refractivity contribution in [1.82, 2.24) is 9.55 Å². The summed E-state index contributed by atoms with van der Waals surface area (Å²) in [4.78, 5) is 3.93. The molecular formula is C7H8Cl2N2O2S. The predicted octanol–water partition coefficient (Wildman–Crippen LogP) is 1.80. The van der Waals surface area contributed by atoms with Gasteiger partial charge in [-0.15, -0.1) is 0 Å². The Morgan fingerprint density at radius 3 is 2.64 bits per heavy atom. The minimum absolute atomic E-state index is 0.134. The zero-order valence-corrected chi connectivity index (χ0v) is 9.53. The Morgan fingerprint density at radius 2 is 2.07 bits per heavy atom. The van der Waals surface area contributed by atoms with Crippen molar-refractivity contribution < 1.29 is 8.42 Å². The molecule has 4 nitrogen and oxygen atoms in total. The van der Waals surface area contributed by atoms with Crippen LogP contribution in [0, 0.1) is 0 Å². The molecule has 14 heavy (non-hydrogen) atoms. The van der Waals surface area contributed by atoms with Crippen molar-refractivity contribution in [3.8, 4) is 0 Å². The normalized spacial score (nSPS) is 16.7. The van der Waals surface area contributed by atoms with E-state index in [4.69, 9.17) is 22.3 Å². The Balaban J connectivity index is 2.60. The fourth-order valence-corrected chi connectivity index (χ4v) is 3.07. The van der Waals surface area contributed by atoms with Gasteiger partial charge in [0.1, 0.15) is 11.0 Å². The van der Waals surface area contributed by atoms with Crippen LogP contribution in [-0.2, 0) is 22.0 Å². The van der Waals surface area contributed by atoms with Gasteiger partial charge in [0.05, 0.1) is 0 Å². The minimum Gasteiger partial charge on any atom is -0.318 e. The van der Waals surface area contributed by atoms with Crippen molar-refractivity contribution in [3.05, 3.63) is 11.0 Å². The van der Waals surface area contributed by atoms with Crippen LogP contribution in [0.5, 0.6) is 0 Å². The second-order valence-electron chi connectivity index (χ2n) is 3.17. The fourth-order valence-electron chi connectivity index (χ4n) is 1.58. The Bertz CT molecular complexity index is 466. The van der Waals surface area contributed by atoms with E-state index >= 15 is 0 Å². The summed E-state index contributed by atoms with van der Waals surface area (Å²) < 4.78 is 23.9. The molecule has 0 spiro atoms. The zero-order chi connectivity index (χ0) is 10.3. The van der Waals surface area contributed by atoms with Gasteiger partial charge >= 0.3 is 0 Å². The van der Waals surface area contributed by atoms with Gasteiger partial charge in [-0.05, 0) is 12.8 Å². The fraction of sp³-hybridized carbons (Fsp3) is 0.571. The lowest BCUT2D eigenvalue weighted by molar-refractivity contribution is 0.523. The third kappa shape index (κ3) is 1.64. The lowest BCUT2D eigenvalue weighted by Crippen LogP contribution is -2.10. The molecule has 0 unspecified atom stereocenters. The summed E-state index contributed by atoms with van der Waals surface area (Å²) in [7, 11) is 1.38. The summed E-state index contributed by atoms with van der Waals surface area (Å²) in [5.41, 5.74) is 0. The average Bonchev–Trinajstić information content (AvgIpc) is 2.44. The van der Waals surface area contributed by atoms with E-state index in [1.165, 1.54) is 0 Å². The van der Waals surface area contributed by atoms with Gasteiger partial charge in [0.25, 0.3) is 9.05 Å². The molecule has 1 aliphatic rings. The van der Waals surface area contributed by atoms with Gasteiger partial charge in [-0.1, -0.05) is 11.6 Å². The van der Waals surface area contributed by atoms with E-state index in [2.05, 4.69) is 4.98 Å². The summed E-state index contributed by atoms with van der Waals surface area (Å²) in [5, 5.41) is -0.0765. The van der Waals surface area contributed by atoms with Gasteiger partial charge in [0.15, 0.2) is 0 Å². The van der Waals surface area contributed by atoms with Crippen LogP contribution in [-0.4, -0.2) is 18.0 Å². The van der Waals surface area contributed by atoms with Gasteiger partial charge in [-0.2, -0.15) is 0 Å². The topological polar surface area (TPSA) is 52.0 Å². The van der Waals surface area contributed by atoms with E-state index in [0.29, 0.717) is 12.4 Å². The molecule has 0 aliphatic carbocycles. The van der Waals surface area contributed by atoms with Crippen LogP contribution in [0.3, 0.4) is 0 Å². The van der Waals surface area contributed by atoms with Crippen molar-refractivity contribution >= 4 is 31.3 Å². The maximum absolute atomic E-state index is 11.1. The number of hydrogen-bond donors (Lipinski definition) is 0. The first kappa shape index (κ1) is 10.3. The first-order valence-corrected chi connectivity index (χ1v) is 6.88. The largest absolute Gasteiger partial charge is 0.318 e. The molecule has 0 amide bonds. The molecule has 1 aromatic heterocycles. The second-order valence-corrected chi connectivity index (χ2v) is 6.01. The van der Waals surface area contributed by atoms with E-state index in [1.54, 1.807) is 4.57 Å². The van der Waals surface area contributed by atoms with E-state index in [-0.39, 0.29) is 10.2 Å². The molecule has 2 rings (SSSR count). The number of hydrogen-bond acceptors (Lipinski definition) is 3. The monoisotopic (exact) mass is 254 g/mol. The molecule has 0 radical (unpaired) electrons. The molecule has 1 aliphatic heterocycles. The molecule has 0 atom stereocenters. The lowest BCUT2D eigenvalue weighted by Gasteiger charge is -2.13. The zero-order valence-electron chi connectivity index (χ0n) is 7.20. The van der Waals surface area contributed by atoms with Gasteiger partial charge in [-0.3, -0.25) is 0 Å². The number of fused-ring (bicyclic) bond motifs is 1. The lowest BCUT2D eigenvalue weighted by atomic mass is 10.2. The first-order chi connectivity index (χ1) is 6.50. The average molecular weight is 255 g/mol. The molecule has 0 bridgehead atoms. The number of aromatic nitrogens is 2. The SMILES string of the molecule is O=S(=O)(Cl)c1nc2n(c1Cl)CCCC2.